The van der Waals surface area contributed by atoms with Gasteiger partial charge in [0.25, 0.3) is 0 Å². The Morgan fingerprint density at radius 2 is 1.72 bits per heavy atom. The van der Waals surface area contributed by atoms with Gasteiger partial charge in [-0.2, -0.15) is 0 Å². The topological polar surface area (TPSA) is 12.0 Å². The first-order valence-electron chi connectivity index (χ1n) is 5.86. The van der Waals surface area contributed by atoms with E-state index < -0.39 is 0 Å². The van der Waals surface area contributed by atoms with Crippen LogP contribution in [0, 0.1) is 18.6 Å². The number of aryl methyl sites for hydroxylation is 1. The first kappa shape index (κ1) is 12.7. The normalized spacial score (nSPS) is 10.6. The molecular formula is C15H15F2N. The van der Waals surface area contributed by atoms with Crippen LogP contribution in [-0.4, -0.2) is 0 Å². The Morgan fingerprint density at radius 1 is 0.944 bits per heavy atom. The molecule has 0 saturated heterocycles. The molecule has 0 atom stereocenters. The summed E-state index contributed by atoms with van der Waals surface area (Å²) in [7, 11) is 0. The molecule has 0 heterocycles. The molecule has 0 spiro atoms. The van der Waals surface area contributed by atoms with E-state index in [4.69, 9.17) is 0 Å². The predicted octanol–water partition coefficient (Wildman–Crippen LogP) is 3.56. The van der Waals surface area contributed by atoms with E-state index >= 15 is 0 Å². The second-order valence-corrected chi connectivity index (χ2v) is 4.28. The van der Waals surface area contributed by atoms with E-state index in [1.54, 1.807) is 31.2 Å². The summed E-state index contributed by atoms with van der Waals surface area (Å²) >= 11 is 0. The van der Waals surface area contributed by atoms with Gasteiger partial charge < -0.3 is 5.32 Å². The quantitative estimate of drug-likeness (QED) is 0.871. The van der Waals surface area contributed by atoms with Gasteiger partial charge in [0.1, 0.15) is 11.6 Å². The third-order valence-electron chi connectivity index (χ3n) is 2.84. The first-order valence-corrected chi connectivity index (χ1v) is 5.86. The summed E-state index contributed by atoms with van der Waals surface area (Å²) < 4.78 is 26.6. The van der Waals surface area contributed by atoms with Gasteiger partial charge in [-0.3, -0.25) is 0 Å². The van der Waals surface area contributed by atoms with Crippen molar-refractivity contribution in [2.24, 2.45) is 0 Å². The number of hydrogen-bond acceptors (Lipinski definition) is 1. The Kier molecular flexibility index (Phi) is 4.05. The monoisotopic (exact) mass is 247 g/mol. The zero-order chi connectivity index (χ0) is 13.0. The van der Waals surface area contributed by atoms with Crippen molar-refractivity contribution in [3.8, 4) is 0 Å². The molecule has 3 heteroatoms. The zero-order valence-corrected chi connectivity index (χ0v) is 10.2. The fourth-order valence-electron chi connectivity index (χ4n) is 1.73. The molecule has 0 amide bonds. The molecule has 0 radical (unpaired) electrons. The highest BCUT2D eigenvalue weighted by atomic mass is 19.1. The van der Waals surface area contributed by atoms with Gasteiger partial charge in [-0.15, -0.1) is 0 Å². The van der Waals surface area contributed by atoms with E-state index in [9.17, 15) is 8.78 Å². The van der Waals surface area contributed by atoms with Gasteiger partial charge in [0, 0.05) is 18.7 Å². The Labute approximate surface area is 105 Å². The standard InChI is InChI=1S/C15H15F2N/c1-11-6-7-12(8-15(11)17)9-18-10-13-4-2-3-5-14(13)16/h2-8,18H,9-10H2,1H3. The van der Waals surface area contributed by atoms with Crippen molar-refractivity contribution in [3.63, 3.8) is 0 Å². The van der Waals surface area contributed by atoms with Crippen LogP contribution in [0.25, 0.3) is 0 Å². The van der Waals surface area contributed by atoms with Crippen LogP contribution in [0.1, 0.15) is 16.7 Å². The molecule has 0 aliphatic heterocycles. The number of nitrogens with one attached hydrogen (secondary N) is 1. The summed E-state index contributed by atoms with van der Waals surface area (Å²) in [5, 5.41) is 3.10. The predicted molar refractivity (Wildman–Crippen MR) is 68.1 cm³/mol. The van der Waals surface area contributed by atoms with Gasteiger partial charge in [-0.25, -0.2) is 8.78 Å². The van der Waals surface area contributed by atoms with E-state index in [1.165, 1.54) is 12.1 Å². The van der Waals surface area contributed by atoms with E-state index in [-0.39, 0.29) is 11.6 Å². The number of benzene rings is 2. The van der Waals surface area contributed by atoms with E-state index in [2.05, 4.69) is 5.32 Å². The molecule has 0 aromatic heterocycles. The van der Waals surface area contributed by atoms with Crippen LogP contribution in [0.3, 0.4) is 0 Å². The number of hydrogen-bond donors (Lipinski definition) is 1. The van der Waals surface area contributed by atoms with Crippen LogP contribution in [0.15, 0.2) is 42.5 Å². The molecule has 2 aromatic carbocycles. The fraction of sp³-hybridized carbons (Fsp3) is 0.200. The van der Waals surface area contributed by atoms with Crippen molar-refractivity contribution >= 4 is 0 Å². The lowest BCUT2D eigenvalue weighted by Crippen LogP contribution is -2.13. The van der Waals surface area contributed by atoms with Crippen LogP contribution < -0.4 is 5.32 Å². The molecule has 94 valence electrons. The smallest absolute Gasteiger partial charge is 0.127 e. The Hall–Kier alpha value is -1.74. The third kappa shape index (κ3) is 3.14. The minimum Gasteiger partial charge on any atom is -0.309 e. The lowest BCUT2D eigenvalue weighted by molar-refractivity contribution is 0.584. The molecule has 0 saturated carbocycles. The van der Waals surface area contributed by atoms with Crippen LogP contribution in [-0.2, 0) is 13.1 Å². The molecular weight excluding hydrogens is 232 g/mol. The van der Waals surface area contributed by atoms with E-state index in [0.29, 0.717) is 24.2 Å². The highest BCUT2D eigenvalue weighted by Gasteiger charge is 2.01. The van der Waals surface area contributed by atoms with Crippen molar-refractivity contribution in [1.29, 1.82) is 0 Å². The molecule has 0 fully saturated rings. The summed E-state index contributed by atoms with van der Waals surface area (Å²) in [6.45, 7) is 2.68. The van der Waals surface area contributed by atoms with Crippen molar-refractivity contribution in [2.75, 3.05) is 0 Å². The van der Waals surface area contributed by atoms with Gasteiger partial charge in [-0.05, 0) is 30.2 Å². The fourth-order valence-corrected chi connectivity index (χ4v) is 1.73. The number of rotatable bonds is 4. The van der Waals surface area contributed by atoms with Crippen molar-refractivity contribution in [3.05, 3.63) is 70.8 Å². The molecule has 0 unspecified atom stereocenters. The third-order valence-corrected chi connectivity index (χ3v) is 2.84. The molecule has 0 bridgehead atoms. The van der Waals surface area contributed by atoms with Gasteiger partial charge in [0.15, 0.2) is 0 Å². The Morgan fingerprint density at radius 3 is 2.44 bits per heavy atom. The van der Waals surface area contributed by atoms with Crippen LogP contribution in [0.4, 0.5) is 8.78 Å². The summed E-state index contributed by atoms with van der Waals surface area (Å²) in [5.41, 5.74) is 2.10. The summed E-state index contributed by atoms with van der Waals surface area (Å²) in [4.78, 5) is 0. The maximum Gasteiger partial charge on any atom is 0.127 e. The van der Waals surface area contributed by atoms with Gasteiger partial charge >= 0.3 is 0 Å². The zero-order valence-electron chi connectivity index (χ0n) is 10.2. The van der Waals surface area contributed by atoms with Gasteiger partial charge in [0.05, 0.1) is 0 Å². The van der Waals surface area contributed by atoms with E-state index in [0.717, 1.165) is 5.56 Å². The lowest BCUT2D eigenvalue weighted by Gasteiger charge is -2.07. The van der Waals surface area contributed by atoms with Crippen LogP contribution in [0.2, 0.25) is 0 Å². The second kappa shape index (κ2) is 5.74. The first-order chi connectivity index (χ1) is 8.66. The van der Waals surface area contributed by atoms with Gasteiger partial charge in [0.2, 0.25) is 0 Å². The largest absolute Gasteiger partial charge is 0.309 e. The minimum absolute atomic E-state index is 0.208. The van der Waals surface area contributed by atoms with Crippen LogP contribution >= 0.6 is 0 Å². The average molecular weight is 247 g/mol. The van der Waals surface area contributed by atoms with Crippen molar-refractivity contribution in [2.45, 2.75) is 20.0 Å². The molecule has 1 N–H and O–H groups in total. The van der Waals surface area contributed by atoms with Crippen molar-refractivity contribution < 1.29 is 8.78 Å². The Bertz CT molecular complexity index is 538. The Balaban J connectivity index is 1.92. The molecule has 2 rings (SSSR count). The summed E-state index contributed by atoms with van der Waals surface area (Å²) in [6, 6.07) is 11.7. The maximum atomic E-state index is 13.3. The molecule has 0 aliphatic carbocycles. The highest BCUT2D eigenvalue weighted by molar-refractivity contribution is 5.23. The molecule has 1 nitrogen and oxygen atoms in total. The number of halogens is 2. The highest BCUT2D eigenvalue weighted by Crippen LogP contribution is 2.10. The molecule has 0 aliphatic rings. The average Bonchev–Trinajstić information content (AvgIpc) is 2.36. The van der Waals surface area contributed by atoms with Crippen LogP contribution in [0.5, 0.6) is 0 Å². The minimum atomic E-state index is -0.222. The maximum absolute atomic E-state index is 13.3. The van der Waals surface area contributed by atoms with Crippen molar-refractivity contribution in [1.82, 2.24) is 5.32 Å². The summed E-state index contributed by atoms with van der Waals surface area (Å²) in [5.74, 6) is -0.430. The van der Waals surface area contributed by atoms with Gasteiger partial charge in [-0.1, -0.05) is 30.3 Å². The second-order valence-electron chi connectivity index (χ2n) is 4.28. The molecule has 2 aromatic rings. The van der Waals surface area contributed by atoms with E-state index in [1.807, 2.05) is 6.07 Å². The summed E-state index contributed by atoms with van der Waals surface area (Å²) in [6.07, 6.45) is 0. The molecule has 18 heavy (non-hydrogen) atoms. The lowest BCUT2D eigenvalue weighted by atomic mass is 10.1. The SMILES string of the molecule is Cc1ccc(CNCc2ccccc2F)cc1F.